The Morgan fingerprint density at radius 3 is 2.54 bits per heavy atom. The first-order valence-electron chi connectivity index (χ1n) is 4.47. The molecule has 1 aromatic rings. The number of rotatable bonds is 3. The molecule has 1 aromatic carbocycles. The average molecular weight is 176 g/mol. The lowest BCUT2D eigenvalue weighted by Gasteiger charge is -2.09. The van der Waals surface area contributed by atoms with Crippen molar-refractivity contribution in [1.82, 2.24) is 0 Å². The highest BCUT2D eigenvalue weighted by molar-refractivity contribution is 5.52. The minimum absolute atomic E-state index is 0.574. The molecule has 2 nitrogen and oxygen atoms in total. The molecule has 0 heterocycles. The van der Waals surface area contributed by atoms with Gasteiger partial charge in [0.1, 0.15) is 0 Å². The van der Waals surface area contributed by atoms with Gasteiger partial charge in [0.25, 0.3) is 0 Å². The van der Waals surface area contributed by atoms with Crippen LogP contribution in [0.15, 0.2) is 23.3 Å². The van der Waals surface area contributed by atoms with Gasteiger partial charge < -0.3 is 0 Å². The lowest BCUT2D eigenvalue weighted by Crippen LogP contribution is -1.93. The van der Waals surface area contributed by atoms with Crippen molar-refractivity contribution in [1.29, 1.82) is 0 Å². The molecule has 0 bridgehead atoms. The molecule has 2 heteroatoms. The largest absolute Gasteiger partial charge is 0.279 e. The molecule has 13 heavy (non-hydrogen) atoms. The Morgan fingerprint density at radius 2 is 2.08 bits per heavy atom. The first-order chi connectivity index (χ1) is 6.15. The monoisotopic (exact) mass is 176 g/mol. The average Bonchev–Trinajstić information content (AvgIpc) is 2.08. The van der Waals surface area contributed by atoms with Gasteiger partial charge in [-0.15, -0.1) is 0 Å². The maximum atomic E-state index is 3.64. The number of anilines is 1. The molecular formula is C11H16N2. The highest BCUT2D eigenvalue weighted by Gasteiger charge is 2.01. The van der Waals surface area contributed by atoms with Crippen LogP contribution in [-0.2, 0) is 0 Å². The van der Waals surface area contributed by atoms with E-state index in [1.165, 1.54) is 11.1 Å². The van der Waals surface area contributed by atoms with E-state index in [4.69, 9.17) is 0 Å². The highest BCUT2D eigenvalue weighted by Crippen LogP contribution is 2.21. The third kappa shape index (κ3) is 2.31. The quantitative estimate of drug-likeness (QED) is 0.555. The number of aryl methyl sites for hydroxylation is 1. The summed E-state index contributed by atoms with van der Waals surface area (Å²) in [6.07, 6.45) is 0. The molecule has 1 N–H and O–H groups in total. The Morgan fingerprint density at radius 1 is 1.38 bits per heavy atom. The normalized spacial score (nSPS) is 10.2. The fraction of sp³-hybridized carbons (Fsp3) is 0.364. The molecule has 0 saturated heterocycles. The summed E-state index contributed by atoms with van der Waals surface area (Å²) in [5.41, 5.74) is 6.44. The topological polar surface area (TPSA) is 24.4 Å². The molecule has 0 aliphatic rings. The minimum atomic E-state index is 0.574. The lowest BCUT2D eigenvalue weighted by atomic mass is 10.0. The van der Waals surface area contributed by atoms with Crippen molar-refractivity contribution in [3.8, 4) is 0 Å². The summed E-state index contributed by atoms with van der Waals surface area (Å²) in [5, 5.41) is 3.64. The Balaban J connectivity index is 2.98. The van der Waals surface area contributed by atoms with Crippen molar-refractivity contribution in [2.24, 2.45) is 5.10 Å². The van der Waals surface area contributed by atoms with Gasteiger partial charge >= 0.3 is 0 Å². The van der Waals surface area contributed by atoms with Crippen molar-refractivity contribution in [2.45, 2.75) is 26.7 Å². The molecule has 0 aliphatic heterocycles. The van der Waals surface area contributed by atoms with Crippen LogP contribution in [0.3, 0.4) is 0 Å². The van der Waals surface area contributed by atoms with Crippen molar-refractivity contribution in [3.63, 3.8) is 0 Å². The molecule has 0 unspecified atom stereocenters. The first-order valence-corrected chi connectivity index (χ1v) is 4.47. The summed E-state index contributed by atoms with van der Waals surface area (Å²) < 4.78 is 0. The number of hydrazone groups is 1. The van der Waals surface area contributed by atoms with Crippen molar-refractivity contribution in [2.75, 3.05) is 5.43 Å². The first kappa shape index (κ1) is 9.78. The summed E-state index contributed by atoms with van der Waals surface area (Å²) in [4.78, 5) is 0. The van der Waals surface area contributed by atoms with E-state index in [0.717, 1.165) is 5.69 Å². The van der Waals surface area contributed by atoms with Crippen LogP contribution >= 0.6 is 0 Å². The Kier molecular flexibility index (Phi) is 3.07. The third-order valence-corrected chi connectivity index (χ3v) is 2.12. The van der Waals surface area contributed by atoms with Crippen LogP contribution in [0.4, 0.5) is 5.69 Å². The molecule has 0 aliphatic carbocycles. The van der Waals surface area contributed by atoms with Gasteiger partial charge in [-0.2, -0.15) is 5.10 Å². The predicted molar refractivity (Wildman–Crippen MR) is 58.4 cm³/mol. The summed E-state index contributed by atoms with van der Waals surface area (Å²) in [6, 6.07) is 6.34. The standard InChI is InChI=1S/C11H16N2/c1-8(2)10-5-6-11(13-12-4)9(3)7-10/h5-8,13H,4H2,1-3H3. The van der Waals surface area contributed by atoms with E-state index < -0.39 is 0 Å². The lowest BCUT2D eigenvalue weighted by molar-refractivity contribution is 0.865. The van der Waals surface area contributed by atoms with E-state index in [9.17, 15) is 0 Å². The predicted octanol–water partition coefficient (Wildman–Crippen LogP) is 3.15. The van der Waals surface area contributed by atoms with Gasteiger partial charge in [-0.3, -0.25) is 5.43 Å². The molecule has 0 spiro atoms. The zero-order valence-electron chi connectivity index (χ0n) is 8.46. The second-order valence-corrected chi connectivity index (χ2v) is 3.50. The number of hydrogen-bond donors (Lipinski definition) is 1. The van der Waals surface area contributed by atoms with Crippen molar-refractivity contribution >= 4 is 12.4 Å². The summed E-state index contributed by atoms with van der Waals surface area (Å²) in [5.74, 6) is 0.574. The Hall–Kier alpha value is -1.31. The number of nitrogens with one attached hydrogen (secondary N) is 1. The van der Waals surface area contributed by atoms with Gasteiger partial charge in [0.15, 0.2) is 0 Å². The van der Waals surface area contributed by atoms with E-state index in [-0.39, 0.29) is 0 Å². The molecular weight excluding hydrogens is 160 g/mol. The zero-order valence-corrected chi connectivity index (χ0v) is 8.46. The molecule has 0 saturated carbocycles. The van der Waals surface area contributed by atoms with E-state index in [2.05, 4.69) is 50.1 Å². The second kappa shape index (κ2) is 4.08. The van der Waals surface area contributed by atoms with Crippen molar-refractivity contribution < 1.29 is 0 Å². The third-order valence-electron chi connectivity index (χ3n) is 2.12. The van der Waals surface area contributed by atoms with E-state index in [1.54, 1.807) is 0 Å². The molecule has 0 aromatic heterocycles. The Labute approximate surface area is 79.7 Å². The number of nitrogens with zero attached hydrogens (tertiary/aromatic N) is 1. The SMILES string of the molecule is C=NNc1ccc(C(C)C)cc1C. The summed E-state index contributed by atoms with van der Waals surface area (Å²) in [7, 11) is 0. The molecule has 0 amide bonds. The minimum Gasteiger partial charge on any atom is -0.279 e. The van der Waals surface area contributed by atoms with Gasteiger partial charge in [0.2, 0.25) is 0 Å². The van der Waals surface area contributed by atoms with Crippen LogP contribution in [0.5, 0.6) is 0 Å². The smallest absolute Gasteiger partial charge is 0.0590 e. The number of hydrogen-bond acceptors (Lipinski definition) is 2. The van der Waals surface area contributed by atoms with Crippen molar-refractivity contribution in [3.05, 3.63) is 29.3 Å². The molecule has 70 valence electrons. The maximum Gasteiger partial charge on any atom is 0.0590 e. The van der Waals surface area contributed by atoms with Crippen LogP contribution in [0, 0.1) is 6.92 Å². The van der Waals surface area contributed by atoms with Crippen LogP contribution in [0.2, 0.25) is 0 Å². The fourth-order valence-corrected chi connectivity index (χ4v) is 1.26. The van der Waals surface area contributed by atoms with Gasteiger partial charge in [-0.25, -0.2) is 0 Å². The van der Waals surface area contributed by atoms with Gasteiger partial charge in [-0.05, 0) is 30.0 Å². The van der Waals surface area contributed by atoms with Crippen LogP contribution in [0.25, 0.3) is 0 Å². The maximum absolute atomic E-state index is 3.64. The Bertz CT molecular complexity index is 303. The van der Waals surface area contributed by atoms with Gasteiger partial charge in [0.05, 0.1) is 5.69 Å². The van der Waals surface area contributed by atoms with Gasteiger partial charge in [0, 0.05) is 6.72 Å². The van der Waals surface area contributed by atoms with E-state index in [1.807, 2.05) is 6.07 Å². The van der Waals surface area contributed by atoms with E-state index in [0.29, 0.717) is 5.92 Å². The van der Waals surface area contributed by atoms with Crippen LogP contribution in [0.1, 0.15) is 30.9 Å². The van der Waals surface area contributed by atoms with Crippen LogP contribution in [-0.4, -0.2) is 6.72 Å². The second-order valence-electron chi connectivity index (χ2n) is 3.50. The summed E-state index contributed by atoms with van der Waals surface area (Å²) >= 11 is 0. The van der Waals surface area contributed by atoms with Gasteiger partial charge in [-0.1, -0.05) is 26.0 Å². The highest BCUT2D eigenvalue weighted by atomic mass is 15.3. The fourth-order valence-electron chi connectivity index (χ4n) is 1.26. The number of benzene rings is 1. The summed E-state index contributed by atoms with van der Waals surface area (Å²) in [6.45, 7) is 9.84. The zero-order chi connectivity index (χ0) is 9.84. The molecule has 0 fully saturated rings. The van der Waals surface area contributed by atoms with Crippen LogP contribution < -0.4 is 5.43 Å². The molecule has 0 radical (unpaired) electrons. The van der Waals surface area contributed by atoms with E-state index >= 15 is 0 Å². The molecule has 0 atom stereocenters. The molecule has 1 rings (SSSR count).